The number of rotatable bonds is 4. The number of anilines is 1. The fraction of sp³-hybridized carbons (Fsp3) is 0.375. The predicted octanol–water partition coefficient (Wildman–Crippen LogP) is 2.44. The molecule has 118 valence electrons. The van der Waals surface area contributed by atoms with E-state index in [1.165, 1.54) is 0 Å². The highest BCUT2D eigenvalue weighted by atomic mass is 35.5. The van der Waals surface area contributed by atoms with Crippen LogP contribution in [0, 0.1) is 0 Å². The lowest BCUT2D eigenvalue weighted by Crippen LogP contribution is -2.34. The minimum absolute atomic E-state index is 0.0389. The Balaban J connectivity index is 1.64. The molecule has 7 heteroatoms. The van der Waals surface area contributed by atoms with Gasteiger partial charge in [-0.05, 0) is 24.5 Å². The average molecular weight is 330 g/mol. The third-order valence-corrected chi connectivity index (χ3v) is 4.46. The summed E-state index contributed by atoms with van der Waals surface area (Å²) < 4.78 is 0. The van der Waals surface area contributed by atoms with E-state index in [0.717, 1.165) is 18.4 Å². The Morgan fingerprint density at radius 2 is 2.00 bits per heavy atom. The highest BCUT2D eigenvalue weighted by Crippen LogP contribution is 2.42. The summed E-state index contributed by atoms with van der Waals surface area (Å²) in [4.78, 5) is 27.1. The van der Waals surface area contributed by atoms with Gasteiger partial charge in [0.15, 0.2) is 0 Å². The van der Waals surface area contributed by atoms with Gasteiger partial charge in [0.25, 0.3) is 0 Å². The maximum absolute atomic E-state index is 12.5. The second kappa shape index (κ2) is 5.77. The van der Waals surface area contributed by atoms with Crippen molar-refractivity contribution in [3.05, 3.63) is 47.5 Å². The van der Waals surface area contributed by atoms with Gasteiger partial charge in [0, 0.05) is 24.9 Å². The molecule has 0 radical (unpaired) electrons. The molecule has 0 spiro atoms. The summed E-state index contributed by atoms with van der Waals surface area (Å²) in [5.41, 5.74) is 1.04. The summed E-state index contributed by atoms with van der Waals surface area (Å²) in [6, 6.07) is 4.16. The molecule has 1 aliphatic carbocycles. The lowest BCUT2D eigenvalue weighted by molar-refractivity contribution is -0.129. The van der Waals surface area contributed by atoms with E-state index in [9.17, 15) is 4.79 Å². The number of nitrogens with one attached hydrogen (secondary N) is 1. The smallest absolute Gasteiger partial charge is 0.225 e. The highest BCUT2D eigenvalue weighted by Gasteiger charge is 2.47. The molecule has 1 aliphatic heterocycles. The predicted molar refractivity (Wildman–Crippen MR) is 85.9 cm³/mol. The number of pyridine rings is 1. The maximum atomic E-state index is 12.5. The molecule has 2 aliphatic rings. The van der Waals surface area contributed by atoms with E-state index in [-0.39, 0.29) is 18.0 Å². The SMILES string of the molecule is O=C1C[C@@H](Nc2ncc(Cl)cn2)[C@H](c2cccnc2)N1C1CC1. The minimum atomic E-state index is -0.0755. The largest absolute Gasteiger partial charge is 0.349 e. The average Bonchev–Trinajstić information content (AvgIpc) is 3.34. The van der Waals surface area contributed by atoms with Crippen molar-refractivity contribution in [2.24, 2.45) is 0 Å². The molecular formula is C16H16ClN5O. The van der Waals surface area contributed by atoms with E-state index in [1.807, 2.05) is 23.2 Å². The number of likely N-dealkylation sites (tertiary alicyclic amines) is 1. The van der Waals surface area contributed by atoms with Gasteiger partial charge in [0.05, 0.1) is 29.5 Å². The molecule has 0 aromatic carbocycles. The van der Waals surface area contributed by atoms with Crippen LogP contribution in [0.25, 0.3) is 0 Å². The lowest BCUT2D eigenvalue weighted by atomic mass is 10.0. The summed E-state index contributed by atoms with van der Waals surface area (Å²) in [6.07, 6.45) is 9.25. The Bertz CT molecular complexity index is 704. The molecule has 6 nitrogen and oxygen atoms in total. The molecule has 2 fully saturated rings. The number of hydrogen-bond acceptors (Lipinski definition) is 5. The van der Waals surface area contributed by atoms with Crippen molar-refractivity contribution in [1.29, 1.82) is 0 Å². The fourth-order valence-corrected chi connectivity index (χ4v) is 3.26. The maximum Gasteiger partial charge on any atom is 0.225 e. The molecule has 0 unspecified atom stereocenters. The number of halogens is 1. The molecule has 3 heterocycles. The summed E-state index contributed by atoms with van der Waals surface area (Å²) in [5, 5.41) is 3.78. The van der Waals surface area contributed by atoms with Crippen LogP contribution >= 0.6 is 11.6 Å². The Morgan fingerprint density at radius 1 is 1.22 bits per heavy atom. The van der Waals surface area contributed by atoms with Gasteiger partial charge in [-0.3, -0.25) is 9.78 Å². The van der Waals surface area contributed by atoms with Crippen LogP contribution < -0.4 is 5.32 Å². The van der Waals surface area contributed by atoms with Crippen LogP contribution in [-0.4, -0.2) is 37.8 Å². The first-order valence-corrected chi connectivity index (χ1v) is 8.05. The number of carbonyl (C=O) groups is 1. The number of carbonyl (C=O) groups excluding carboxylic acids is 1. The van der Waals surface area contributed by atoms with Crippen molar-refractivity contribution in [2.45, 2.75) is 37.4 Å². The Hall–Kier alpha value is -2.21. The Morgan fingerprint density at radius 3 is 2.65 bits per heavy atom. The second-order valence-electron chi connectivity index (χ2n) is 5.94. The van der Waals surface area contributed by atoms with Gasteiger partial charge in [0.1, 0.15) is 0 Å². The van der Waals surface area contributed by atoms with E-state index in [1.54, 1.807) is 18.6 Å². The molecule has 1 saturated heterocycles. The van der Waals surface area contributed by atoms with Gasteiger partial charge in [0.2, 0.25) is 11.9 Å². The summed E-state index contributed by atoms with van der Waals surface area (Å²) in [5.74, 6) is 0.659. The molecule has 1 saturated carbocycles. The van der Waals surface area contributed by atoms with Gasteiger partial charge < -0.3 is 10.2 Å². The van der Waals surface area contributed by atoms with Crippen LogP contribution in [0.3, 0.4) is 0 Å². The van der Waals surface area contributed by atoms with Crippen LogP contribution in [0.2, 0.25) is 5.02 Å². The zero-order valence-corrected chi connectivity index (χ0v) is 13.1. The van der Waals surface area contributed by atoms with Crippen molar-refractivity contribution in [1.82, 2.24) is 19.9 Å². The van der Waals surface area contributed by atoms with E-state index in [0.29, 0.717) is 23.4 Å². The third-order valence-electron chi connectivity index (χ3n) is 4.26. The van der Waals surface area contributed by atoms with Crippen molar-refractivity contribution in [3.63, 3.8) is 0 Å². The van der Waals surface area contributed by atoms with Gasteiger partial charge >= 0.3 is 0 Å². The molecule has 4 rings (SSSR count). The number of nitrogens with zero attached hydrogens (tertiary/aromatic N) is 4. The van der Waals surface area contributed by atoms with Crippen molar-refractivity contribution >= 4 is 23.5 Å². The molecule has 1 N–H and O–H groups in total. The molecule has 0 bridgehead atoms. The second-order valence-corrected chi connectivity index (χ2v) is 6.38. The van der Waals surface area contributed by atoms with E-state index >= 15 is 0 Å². The van der Waals surface area contributed by atoms with E-state index in [4.69, 9.17) is 11.6 Å². The summed E-state index contributed by atoms with van der Waals surface area (Å²) in [7, 11) is 0. The van der Waals surface area contributed by atoms with Gasteiger partial charge in [-0.25, -0.2) is 9.97 Å². The van der Waals surface area contributed by atoms with Crippen LogP contribution in [0.15, 0.2) is 36.9 Å². The zero-order chi connectivity index (χ0) is 15.8. The van der Waals surface area contributed by atoms with E-state index in [2.05, 4.69) is 20.3 Å². The molecular weight excluding hydrogens is 314 g/mol. The van der Waals surface area contributed by atoms with Crippen LogP contribution in [0.5, 0.6) is 0 Å². The number of amides is 1. The molecule has 1 amide bonds. The fourth-order valence-electron chi connectivity index (χ4n) is 3.16. The van der Waals surface area contributed by atoms with Crippen molar-refractivity contribution in [2.75, 3.05) is 5.32 Å². The lowest BCUT2D eigenvalue weighted by Gasteiger charge is -2.28. The highest BCUT2D eigenvalue weighted by molar-refractivity contribution is 6.30. The molecule has 2 aromatic rings. The quantitative estimate of drug-likeness (QED) is 0.933. The summed E-state index contributed by atoms with van der Waals surface area (Å²) >= 11 is 5.83. The normalized spacial score (nSPS) is 24.0. The monoisotopic (exact) mass is 329 g/mol. The van der Waals surface area contributed by atoms with Crippen LogP contribution in [0.1, 0.15) is 30.9 Å². The third kappa shape index (κ3) is 2.86. The molecule has 23 heavy (non-hydrogen) atoms. The Kier molecular flexibility index (Phi) is 3.61. The zero-order valence-electron chi connectivity index (χ0n) is 12.4. The molecule has 2 atom stereocenters. The van der Waals surface area contributed by atoms with E-state index < -0.39 is 0 Å². The van der Waals surface area contributed by atoms with Gasteiger partial charge in [-0.15, -0.1) is 0 Å². The first-order chi connectivity index (χ1) is 11.2. The van der Waals surface area contributed by atoms with Gasteiger partial charge in [-0.2, -0.15) is 0 Å². The van der Waals surface area contributed by atoms with Crippen molar-refractivity contribution < 1.29 is 4.79 Å². The van der Waals surface area contributed by atoms with Crippen molar-refractivity contribution in [3.8, 4) is 0 Å². The standard InChI is InChI=1S/C16H16ClN5O/c17-11-8-19-16(20-9-11)21-13-6-14(23)22(12-3-4-12)15(13)10-2-1-5-18-7-10/h1-2,5,7-9,12-13,15H,3-4,6H2,(H,19,20,21)/t13-,15+/m1/s1. The van der Waals surface area contributed by atoms with Crippen LogP contribution in [0.4, 0.5) is 5.95 Å². The van der Waals surface area contributed by atoms with Crippen LogP contribution in [-0.2, 0) is 4.79 Å². The molecule has 2 aromatic heterocycles. The minimum Gasteiger partial charge on any atom is -0.349 e. The first-order valence-electron chi connectivity index (χ1n) is 7.67. The van der Waals surface area contributed by atoms with Gasteiger partial charge in [-0.1, -0.05) is 17.7 Å². The number of aromatic nitrogens is 3. The summed E-state index contributed by atoms with van der Waals surface area (Å²) in [6.45, 7) is 0. The topological polar surface area (TPSA) is 71.0 Å². The first kappa shape index (κ1) is 14.4. The number of hydrogen-bond donors (Lipinski definition) is 1. The Labute approximate surface area is 138 Å².